The minimum Gasteiger partial charge on any atom is -0.335 e. The van der Waals surface area contributed by atoms with Crippen LogP contribution in [0.15, 0.2) is 29.7 Å². The van der Waals surface area contributed by atoms with Crippen LogP contribution in [0.5, 0.6) is 0 Å². The van der Waals surface area contributed by atoms with E-state index in [-0.39, 0.29) is 35.2 Å². The Morgan fingerprint density at radius 2 is 2.15 bits per heavy atom. The topological polar surface area (TPSA) is 109 Å². The zero-order chi connectivity index (χ0) is 19.4. The van der Waals surface area contributed by atoms with Crippen molar-refractivity contribution in [3.8, 4) is 11.4 Å². The Balaban J connectivity index is 1.65. The molecule has 0 aromatic carbocycles. The van der Waals surface area contributed by atoms with E-state index in [1.54, 1.807) is 17.3 Å². The smallest absolute Gasteiger partial charge is 0.233 e. The Morgan fingerprint density at radius 1 is 1.41 bits per heavy atom. The first-order valence-corrected chi connectivity index (χ1v) is 11.7. The number of pyridine rings is 1. The number of hydrogen-bond acceptors (Lipinski definition) is 7. The number of carbonyl (C=O) groups excluding carboxylic acids is 1. The van der Waals surface area contributed by atoms with E-state index in [2.05, 4.69) is 20.2 Å². The SMILES string of the molecule is CC[C@H](C)N(C(=O)CSc1n[nH]c(-c2ccncc2)n1)[C@@H]1CCS(=O)(=O)C1. The molecule has 0 aliphatic carbocycles. The molecule has 1 amide bonds. The van der Waals surface area contributed by atoms with Gasteiger partial charge in [0.2, 0.25) is 11.1 Å². The fraction of sp³-hybridized carbons (Fsp3) is 0.529. The highest BCUT2D eigenvalue weighted by Gasteiger charge is 2.36. The zero-order valence-corrected chi connectivity index (χ0v) is 17.0. The molecule has 0 bridgehead atoms. The van der Waals surface area contributed by atoms with Gasteiger partial charge in [0.05, 0.1) is 17.3 Å². The summed E-state index contributed by atoms with van der Waals surface area (Å²) in [7, 11) is -3.05. The van der Waals surface area contributed by atoms with Crippen LogP contribution in [0.3, 0.4) is 0 Å². The number of thioether (sulfide) groups is 1. The predicted octanol–water partition coefficient (Wildman–Crippen LogP) is 1.77. The molecule has 0 radical (unpaired) electrons. The van der Waals surface area contributed by atoms with Crippen LogP contribution in [-0.4, -0.2) is 68.7 Å². The molecule has 10 heteroatoms. The van der Waals surface area contributed by atoms with Crippen molar-refractivity contribution in [1.82, 2.24) is 25.1 Å². The summed E-state index contributed by atoms with van der Waals surface area (Å²) in [6.45, 7) is 3.96. The molecule has 2 aromatic rings. The van der Waals surface area contributed by atoms with Crippen LogP contribution in [0.25, 0.3) is 11.4 Å². The maximum absolute atomic E-state index is 12.8. The summed E-state index contributed by atoms with van der Waals surface area (Å²) in [5.74, 6) is 0.927. The first kappa shape index (κ1) is 19.8. The largest absolute Gasteiger partial charge is 0.335 e. The van der Waals surface area contributed by atoms with Gasteiger partial charge in [-0.3, -0.25) is 14.9 Å². The number of hydrogen-bond donors (Lipinski definition) is 1. The molecule has 0 saturated carbocycles. The Bertz CT molecular complexity index is 885. The van der Waals surface area contributed by atoms with Crippen molar-refractivity contribution in [2.45, 2.75) is 43.9 Å². The van der Waals surface area contributed by atoms with Crippen LogP contribution in [-0.2, 0) is 14.6 Å². The summed E-state index contributed by atoms with van der Waals surface area (Å²) in [6.07, 6.45) is 4.64. The van der Waals surface area contributed by atoms with Crippen molar-refractivity contribution in [3.05, 3.63) is 24.5 Å². The lowest BCUT2D eigenvalue weighted by atomic mass is 10.1. The van der Waals surface area contributed by atoms with Gasteiger partial charge in [0.25, 0.3) is 0 Å². The molecular weight excluding hydrogens is 386 g/mol. The summed E-state index contributed by atoms with van der Waals surface area (Å²) in [5, 5.41) is 7.49. The lowest BCUT2D eigenvalue weighted by Crippen LogP contribution is -2.47. The molecule has 1 aliphatic rings. The Morgan fingerprint density at radius 3 is 2.78 bits per heavy atom. The summed E-state index contributed by atoms with van der Waals surface area (Å²) < 4.78 is 23.6. The van der Waals surface area contributed by atoms with Gasteiger partial charge in [-0.2, -0.15) is 0 Å². The minimum atomic E-state index is -3.05. The maximum atomic E-state index is 12.8. The number of carbonyl (C=O) groups is 1. The molecule has 2 aromatic heterocycles. The van der Waals surface area contributed by atoms with Crippen LogP contribution in [0, 0.1) is 0 Å². The van der Waals surface area contributed by atoms with E-state index in [0.29, 0.717) is 17.4 Å². The molecule has 1 fully saturated rings. The molecule has 1 saturated heterocycles. The van der Waals surface area contributed by atoms with Crippen molar-refractivity contribution >= 4 is 27.5 Å². The Labute approximate surface area is 163 Å². The molecule has 0 unspecified atom stereocenters. The molecule has 2 atom stereocenters. The number of aromatic nitrogens is 4. The molecule has 3 heterocycles. The first-order valence-electron chi connectivity index (χ1n) is 8.87. The lowest BCUT2D eigenvalue weighted by molar-refractivity contribution is -0.132. The quantitative estimate of drug-likeness (QED) is 0.694. The van der Waals surface area contributed by atoms with Gasteiger partial charge in [0.15, 0.2) is 15.7 Å². The number of rotatable bonds is 7. The average Bonchev–Trinajstić information content (AvgIpc) is 3.27. The molecule has 146 valence electrons. The summed E-state index contributed by atoms with van der Waals surface area (Å²) in [6, 6.07) is 3.41. The van der Waals surface area contributed by atoms with E-state index in [4.69, 9.17) is 0 Å². The highest BCUT2D eigenvalue weighted by Crippen LogP contribution is 2.24. The lowest BCUT2D eigenvalue weighted by Gasteiger charge is -2.33. The van der Waals surface area contributed by atoms with Crippen LogP contribution >= 0.6 is 11.8 Å². The second-order valence-corrected chi connectivity index (χ2v) is 9.78. The van der Waals surface area contributed by atoms with Gasteiger partial charge in [-0.25, -0.2) is 13.4 Å². The van der Waals surface area contributed by atoms with Crippen LogP contribution in [0.4, 0.5) is 0 Å². The fourth-order valence-corrected chi connectivity index (χ4v) is 5.53. The number of H-pyrrole nitrogens is 1. The number of amides is 1. The normalized spacial score (nSPS) is 19.7. The predicted molar refractivity (Wildman–Crippen MR) is 104 cm³/mol. The Hall–Kier alpha value is -1.94. The van der Waals surface area contributed by atoms with Crippen molar-refractivity contribution in [2.75, 3.05) is 17.3 Å². The van der Waals surface area contributed by atoms with Crippen LogP contribution < -0.4 is 0 Å². The van der Waals surface area contributed by atoms with E-state index in [0.717, 1.165) is 12.0 Å². The van der Waals surface area contributed by atoms with E-state index in [1.165, 1.54) is 11.8 Å². The van der Waals surface area contributed by atoms with Gasteiger partial charge in [0, 0.05) is 30.0 Å². The van der Waals surface area contributed by atoms with Crippen molar-refractivity contribution in [1.29, 1.82) is 0 Å². The third-order valence-electron chi connectivity index (χ3n) is 4.70. The van der Waals surface area contributed by atoms with Gasteiger partial charge in [0.1, 0.15) is 0 Å². The summed E-state index contributed by atoms with van der Waals surface area (Å²) in [5.41, 5.74) is 0.869. The molecule has 0 spiro atoms. The zero-order valence-electron chi connectivity index (χ0n) is 15.3. The number of aromatic amines is 1. The van der Waals surface area contributed by atoms with Gasteiger partial charge in [-0.15, -0.1) is 5.10 Å². The summed E-state index contributed by atoms with van der Waals surface area (Å²) in [4.78, 5) is 22.9. The van der Waals surface area contributed by atoms with Crippen LogP contribution in [0.1, 0.15) is 26.7 Å². The van der Waals surface area contributed by atoms with Crippen molar-refractivity contribution in [2.24, 2.45) is 0 Å². The third kappa shape index (κ3) is 4.86. The monoisotopic (exact) mass is 409 g/mol. The second kappa shape index (κ2) is 8.39. The van der Waals surface area contributed by atoms with E-state index in [9.17, 15) is 13.2 Å². The molecule has 3 rings (SSSR count). The molecule has 1 aliphatic heterocycles. The van der Waals surface area contributed by atoms with Crippen molar-refractivity contribution in [3.63, 3.8) is 0 Å². The molecule has 1 N–H and O–H groups in total. The van der Waals surface area contributed by atoms with E-state index >= 15 is 0 Å². The highest BCUT2D eigenvalue weighted by molar-refractivity contribution is 7.99. The third-order valence-corrected chi connectivity index (χ3v) is 7.28. The molecule has 27 heavy (non-hydrogen) atoms. The van der Waals surface area contributed by atoms with Gasteiger partial charge < -0.3 is 4.90 Å². The van der Waals surface area contributed by atoms with E-state index in [1.807, 2.05) is 26.0 Å². The standard InChI is InChI=1S/C17H23N5O3S2/c1-3-12(2)22(14-6-9-27(24,25)11-14)15(23)10-26-17-19-16(20-21-17)13-4-7-18-8-5-13/h4-5,7-8,12,14H,3,6,9-11H2,1-2H3,(H,19,20,21)/t12-,14+/m0/s1. The first-order chi connectivity index (χ1) is 12.9. The summed E-state index contributed by atoms with van der Waals surface area (Å²) >= 11 is 1.25. The number of sulfone groups is 1. The number of nitrogens with one attached hydrogen (secondary N) is 1. The maximum Gasteiger partial charge on any atom is 0.233 e. The second-order valence-electron chi connectivity index (χ2n) is 6.61. The highest BCUT2D eigenvalue weighted by atomic mass is 32.2. The average molecular weight is 410 g/mol. The Kier molecular flexibility index (Phi) is 6.15. The van der Waals surface area contributed by atoms with E-state index < -0.39 is 9.84 Å². The minimum absolute atomic E-state index is 0.00378. The molecule has 8 nitrogen and oxygen atoms in total. The fourth-order valence-electron chi connectivity index (χ4n) is 3.15. The van der Waals surface area contributed by atoms with Gasteiger partial charge in [-0.1, -0.05) is 18.7 Å². The van der Waals surface area contributed by atoms with Gasteiger partial charge >= 0.3 is 0 Å². The van der Waals surface area contributed by atoms with Crippen molar-refractivity contribution < 1.29 is 13.2 Å². The van der Waals surface area contributed by atoms with Crippen LogP contribution in [0.2, 0.25) is 0 Å². The number of nitrogens with zero attached hydrogens (tertiary/aromatic N) is 4. The molecular formula is C17H23N5O3S2. The van der Waals surface area contributed by atoms with Gasteiger partial charge in [-0.05, 0) is 31.9 Å².